The molecule has 0 radical (unpaired) electrons. The molecule has 0 saturated heterocycles. The fraction of sp³-hybridized carbons (Fsp3) is 0.692. The Morgan fingerprint density at radius 1 is 1.50 bits per heavy atom. The molecule has 1 aromatic rings. The first-order chi connectivity index (χ1) is 7.77. The summed E-state index contributed by atoms with van der Waals surface area (Å²) in [6.07, 6.45) is 5.74. The van der Waals surface area contributed by atoms with Crippen LogP contribution < -0.4 is 5.73 Å². The van der Waals surface area contributed by atoms with Crippen LogP contribution in [0.2, 0.25) is 0 Å². The lowest BCUT2D eigenvalue weighted by Crippen LogP contribution is -2.49. The Morgan fingerprint density at radius 2 is 2.25 bits per heavy atom. The smallest absolute Gasteiger partial charge is 0.0836 e. The molecule has 1 atom stereocenters. The van der Waals surface area contributed by atoms with Crippen molar-refractivity contribution in [3.63, 3.8) is 0 Å². The van der Waals surface area contributed by atoms with Crippen molar-refractivity contribution in [2.24, 2.45) is 5.73 Å². The molecular formula is C13H21NOS. The molecule has 0 aliphatic heterocycles. The van der Waals surface area contributed by atoms with Crippen molar-refractivity contribution >= 4 is 11.3 Å². The Hall–Kier alpha value is -0.380. The zero-order chi connectivity index (χ0) is 11.4. The van der Waals surface area contributed by atoms with Crippen molar-refractivity contribution in [2.75, 3.05) is 6.61 Å². The topological polar surface area (TPSA) is 35.2 Å². The van der Waals surface area contributed by atoms with Crippen LogP contribution in [0.1, 0.15) is 37.5 Å². The summed E-state index contributed by atoms with van der Waals surface area (Å²) in [5, 5.41) is 2.12. The molecule has 0 aromatic carbocycles. The van der Waals surface area contributed by atoms with Gasteiger partial charge in [0.15, 0.2) is 0 Å². The third-order valence-corrected chi connectivity index (χ3v) is 4.46. The van der Waals surface area contributed by atoms with Crippen LogP contribution in [0.15, 0.2) is 17.5 Å². The van der Waals surface area contributed by atoms with Gasteiger partial charge in [-0.25, -0.2) is 0 Å². The summed E-state index contributed by atoms with van der Waals surface area (Å²) < 4.78 is 5.98. The number of rotatable bonds is 5. The van der Waals surface area contributed by atoms with Crippen molar-refractivity contribution in [3.8, 4) is 0 Å². The second-order valence-electron chi connectivity index (χ2n) is 4.59. The second-order valence-corrected chi connectivity index (χ2v) is 5.63. The normalized spacial score (nSPS) is 21.1. The first-order valence-electron chi connectivity index (χ1n) is 6.19. The van der Waals surface area contributed by atoms with Gasteiger partial charge in [-0.2, -0.15) is 0 Å². The molecule has 0 spiro atoms. The van der Waals surface area contributed by atoms with Crippen molar-refractivity contribution in [3.05, 3.63) is 22.4 Å². The number of nitrogens with two attached hydrogens (primary N) is 1. The van der Waals surface area contributed by atoms with Gasteiger partial charge >= 0.3 is 0 Å². The van der Waals surface area contributed by atoms with Gasteiger partial charge in [-0.15, -0.1) is 11.3 Å². The lowest BCUT2D eigenvalue weighted by atomic mass is 9.90. The highest BCUT2D eigenvalue weighted by Gasteiger charge is 2.40. The van der Waals surface area contributed by atoms with E-state index in [1.54, 1.807) is 11.3 Å². The van der Waals surface area contributed by atoms with E-state index < -0.39 is 0 Å². The first kappa shape index (κ1) is 12.1. The first-order valence-corrected chi connectivity index (χ1v) is 7.07. The van der Waals surface area contributed by atoms with Crippen molar-refractivity contribution in [2.45, 2.75) is 50.7 Å². The largest absolute Gasteiger partial charge is 0.374 e. The minimum Gasteiger partial charge on any atom is -0.374 e. The van der Waals surface area contributed by atoms with E-state index in [4.69, 9.17) is 10.5 Å². The molecule has 0 bridgehead atoms. The fourth-order valence-corrected chi connectivity index (χ4v) is 3.48. The molecule has 90 valence electrons. The number of ether oxygens (including phenoxy) is 1. The van der Waals surface area contributed by atoms with Gasteiger partial charge in [0.2, 0.25) is 0 Å². The van der Waals surface area contributed by atoms with Crippen LogP contribution in [0.5, 0.6) is 0 Å². The van der Waals surface area contributed by atoms with Gasteiger partial charge in [0, 0.05) is 17.5 Å². The predicted octanol–water partition coefficient (Wildman–Crippen LogP) is 2.97. The molecule has 1 saturated carbocycles. The molecular weight excluding hydrogens is 218 g/mol. The molecule has 2 N–H and O–H groups in total. The van der Waals surface area contributed by atoms with Gasteiger partial charge in [-0.05, 0) is 37.6 Å². The maximum absolute atomic E-state index is 6.37. The van der Waals surface area contributed by atoms with Gasteiger partial charge in [-0.3, -0.25) is 0 Å². The molecule has 2 rings (SSSR count). The summed E-state index contributed by atoms with van der Waals surface area (Å²) >= 11 is 1.79. The minimum absolute atomic E-state index is 0.0429. The van der Waals surface area contributed by atoms with E-state index in [9.17, 15) is 0 Å². The fourth-order valence-electron chi connectivity index (χ4n) is 2.71. The predicted molar refractivity (Wildman–Crippen MR) is 68.8 cm³/mol. The molecule has 0 amide bonds. The maximum atomic E-state index is 6.37. The molecule has 1 heterocycles. The number of hydrogen-bond acceptors (Lipinski definition) is 3. The average molecular weight is 239 g/mol. The highest BCUT2D eigenvalue weighted by molar-refractivity contribution is 7.09. The van der Waals surface area contributed by atoms with Crippen LogP contribution in [-0.4, -0.2) is 18.2 Å². The summed E-state index contributed by atoms with van der Waals surface area (Å²) in [6.45, 7) is 2.84. The summed E-state index contributed by atoms with van der Waals surface area (Å²) in [7, 11) is 0. The van der Waals surface area contributed by atoms with E-state index in [-0.39, 0.29) is 11.6 Å². The van der Waals surface area contributed by atoms with Crippen LogP contribution in [0.3, 0.4) is 0 Å². The highest BCUT2D eigenvalue weighted by Crippen LogP contribution is 2.36. The number of thiophene rings is 1. The van der Waals surface area contributed by atoms with E-state index in [1.807, 2.05) is 0 Å². The van der Waals surface area contributed by atoms with Crippen molar-refractivity contribution in [1.29, 1.82) is 0 Å². The standard InChI is InChI=1S/C13H21NOS/c1-2-15-13(7-3-4-8-13)12(14)10-11-6-5-9-16-11/h5-6,9,12H,2-4,7-8,10,14H2,1H3. The molecule has 1 aliphatic rings. The van der Waals surface area contributed by atoms with E-state index in [0.29, 0.717) is 0 Å². The SMILES string of the molecule is CCOC1(C(N)Cc2cccs2)CCCC1. The average Bonchev–Trinajstić information content (AvgIpc) is 2.89. The van der Waals surface area contributed by atoms with Crippen molar-refractivity contribution in [1.82, 2.24) is 0 Å². The number of hydrogen-bond donors (Lipinski definition) is 1. The molecule has 1 fully saturated rings. The summed E-state index contributed by atoms with van der Waals surface area (Å²) in [5.74, 6) is 0. The summed E-state index contributed by atoms with van der Waals surface area (Å²) in [5.41, 5.74) is 6.33. The van der Waals surface area contributed by atoms with Crippen LogP contribution >= 0.6 is 11.3 Å². The van der Waals surface area contributed by atoms with Gasteiger partial charge in [0.1, 0.15) is 0 Å². The summed E-state index contributed by atoms with van der Waals surface area (Å²) in [4.78, 5) is 1.37. The van der Waals surface area contributed by atoms with Crippen molar-refractivity contribution < 1.29 is 4.74 Å². The quantitative estimate of drug-likeness (QED) is 0.857. The zero-order valence-corrected chi connectivity index (χ0v) is 10.8. The molecule has 16 heavy (non-hydrogen) atoms. The highest BCUT2D eigenvalue weighted by atomic mass is 32.1. The Balaban J connectivity index is 2.02. The zero-order valence-electron chi connectivity index (χ0n) is 9.95. The Bertz CT molecular complexity index is 304. The van der Waals surface area contributed by atoms with Crippen LogP contribution in [0.4, 0.5) is 0 Å². The molecule has 3 heteroatoms. The van der Waals surface area contributed by atoms with Gasteiger partial charge in [-0.1, -0.05) is 18.9 Å². The minimum atomic E-state index is -0.0429. The lowest BCUT2D eigenvalue weighted by molar-refractivity contribution is -0.0523. The van der Waals surface area contributed by atoms with E-state index in [2.05, 4.69) is 24.4 Å². The van der Waals surface area contributed by atoms with Gasteiger partial charge < -0.3 is 10.5 Å². The lowest BCUT2D eigenvalue weighted by Gasteiger charge is -2.35. The molecule has 1 aromatic heterocycles. The van der Waals surface area contributed by atoms with Crippen LogP contribution in [0.25, 0.3) is 0 Å². The van der Waals surface area contributed by atoms with E-state index in [1.165, 1.54) is 17.7 Å². The Labute approximate surface area is 102 Å². The van der Waals surface area contributed by atoms with Crippen LogP contribution in [-0.2, 0) is 11.2 Å². The van der Waals surface area contributed by atoms with Gasteiger partial charge in [0.05, 0.1) is 5.60 Å². The van der Waals surface area contributed by atoms with Gasteiger partial charge in [0.25, 0.3) is 0 Å². The maximum Gasteiger partial charge on any atom is 0.0836 e. The Kier molecular flexibility index (Phi) is 4.00. The molecule has 2 nitrogen and oxygen atoms in total. The van der Waals surface area contributed by atoms with E-state index >= 15 is 0 Å². The molecule has 1 aliphatic carbocycles. The van der Waals surface area contributed by atoms with E-state index in [0.717, 1.165) is 25.9 Å². The monoisotopic (exact) mass is 239 g/mol. The third kappa shape index (κ3) is 2.47. The second kappa shape index (κ2) is 5.30. The summed E-state index contributed by atoms with van der Waals surface area (Å²) in [6, 6.07) is 4.40. The van der Waals surface area contributed by atoms with Crippen LogP contribution in [0, 0.1) is 0 Å². The Morgan fingerprint density at radius 3 is 2.81 bits per heavy atom. The third-order valence-electron chi connectivity index (χ3n) is 3.56. The molecule has 1 unspecified atom stereocenters.